The van der Waals surface area contributed by atoms with Crippen LogP contribution in [0.4, 0.5) is 17.1 Å². The molecule has 0 heterocycles. The van der Waals surface area contributed by atoms with Gasteiger partial charge in [0.05, 0.1) is 4.92 Å². The van der Waals surface area contributed by atoms with E-state index in [0.29, 0.717) is 5.69 Å². The monoisotopic (exact) mass is 365 g/mol. The van der Waals surface area contributed by atoms with Crippen LogP contribution in [-0.2, 0) is 0 Å². The number of anilines is 2. The molecule has 94 valence electrons. The van der Waals surface area contributed by atoms with Crippen LogP contribution in [0.25, 0.3) is 0 Å². The predicted molar refractivity (Wildman–Crippen MR) is 80.3 cm³/mol. The zero-order chi connectivity index (χ0) is 13.8. The third-order valence-electron chi connectivity index (χ3n) is 2.45. The van der Waals surface area contributed by atoms with Gasteiger partial charge in [0.2, 0.25) is 0 Å². The number of hydrogen-bond donors (Lipinski definition) is 1. The molecule has 0 atom stereocenters. The van der Waals surface area contributed by atoms with Crippen molar-refractivity contribution in [3.8, 4) is 6.07 Å². The van der Waals surface area contributed by atoms with E-state index in [-0.39, 0.29) is 11.3 Å². The molecule has 2 aromatic rings. The van der Waals surface area contributed by atoms with Crippen LogP contribution in [0.2, 0.25) is 0 Å². The normalized spacial score (nSPS) is 9.68. The maximum absolute atomic E-state index is 10.7. The molecule has 0 saturated carbocycles. The first-order valence-electron chi connectivity index (χ1n) is 5.31. The van der Waals surface area contributed by atoms with Gasteiger partial charge in [0, 0.05) is 21.0 Å². The molecule has 0 saturated heterocycles. The van der Waals surface area contributed by atoms with Crippen molar-refractivity contribution >= 4 is 39.7 Å². The molecule has 0 bridgehead atoms. The van der Waals surface area contributed by atoms with Gasteiger partial charge in [-0.2, -0.15) is 5.26 Å². The Kier molecular flexibility index (Phi) is 3.97. The highest BCUT2D eigenvalue weighted by Gasteiger charge is 2.13. The van der Waals surface area contributed by atoms with E-state index in [0.717, 1.165) is 9.26 Å². The SMILES string of the molecule is N#Cc1cc(Nc2ccc(I)cc2)ccc1[N+](=O)[O-]. The van der Waals surface area contributed by atoms with E-state index in [2.05, 4.69) is 27.9 Å². The largest absolute Gasteiger partial charge is 0.355 e. The summed E-state index contributed by atoms with van der Waals surface area (Å²) in [4.78, 5) is 10.2. The smallest absolute Gasteiger partial charge is 0.287 e. The molecule has 2 rings (SSSR count). The van der Waals surface area contributed by atoms with Crippen molar-refractivity contribution in [3.63, 3.8) is 0 Å². The Balaban J connectivity index is 2.29. The fourth-order valence-electron chi connectivity index (χ4n) is 1.56. The van der Waals surface area contributed by atoms with E-state index in [1.807, 2.05) is 30.3 Å². The van der Waals surface area contributed by atoms with Crippen LogP contribution >= 0.6 is 22.6 Å². The molecular formula is C13H8IN3O2. The molecule has 1 N–H and O–H groups in total. The van der Waals surface area contributed by atoms with Crippen molar-refractivity contribution in [1.29, 1.82) is 5.26 Å². The molecule has 0 fully saturated rings. The predicted octanol–water partition coefficient (Wildman–Crippen LogP) is 3.81. The first-order valence-corrected chi connectivity index (χ1v) is 6.39. The number of nitro benzene ring substituents is 1. The Hall–Kier alpha value is -2.14. The molecule has 0 aliphatic heterocycles. The number of nitrogens with zero attached hydrogens (tertiary/aromatic N) is 2. The summed E-state index contributed by atoms with van der Waals surface area (Å²) in [5.41, 5.74) is 1.36. The summed E-state index contributed by atoms with van der Waals surface area (Å²) in [6.45, 7) is 0. The third-order valence-corrected chi connectivity index (χ3v) is 3.17. The van der Waals surface area contributed by atoms with Gasteiger partial charge in [-0.1, -0.05) is 0 Å². The molecule has 0 amide bonds. The lowest BCUT2D eigenvalue weighted by Gasteiger charge is -2.06. The Morgan fingerprint density at radius 1 is 1.16 bits per heavy atom. The van der Waals surface area contributed by atoms with E-state index in [9.17, 15) is 10.1 Å². The van der Waals surface area contributed by atoms with Crippen LogP contribution in [0.5, 0.6) is 0 Å². The maximum atomic E-state index is 10.7. The highest BCUT2D eigenvalue weighted by molar-refractivity contribution is 14.1. The van der Waals surface area contributed by atoms with E-state index in [1.54, 1.807) is 6.07 Å². The summed E-state index contributed by atoms with van der Waals surface area (Å²) in [5.74, 6) is 0. The van der Waals surface area contributed by atoms with Crippen molar-refractivity contribution in [3.05, 3.63) is 61.7 Å². The Bertz CT molecular complexity index is 663. The van der Waals surface area contributed by atoms with Crippen molar-refractivity contribution in [2.24, 2.45) is 0 Å². The zero-order valence-electron chi connectivity index (χ0n) is 9.63. The maximum Gasteiger partial charge on any atom is 0.287 e. The Morgan fingerprint density at radius 3 is 2.37 bits per heavy atom. The fraction of sp³-hybridized carbons (Fsp3) is 0. The number of hydrogen-bond acceptors (Lipinski definition) is 4. The number of rotatable bonds is 3. The molecule has 19 heavy (non-hydrogen) atoms. The number of nitrogens with one attached hydrogen (secondary N) is 1. The van der Waals surface area contributed by atoms with Gasteiger partial charge in [-0.3, -0.25) is 10.1 Å². The van der Waals surface area contributed by atoms with Crippen LogP contribution in [-0.4, -0.2) is 4.92 Å². The van der Waals surface area contributed by atoms with Gasteiger partial charge in [-0.05, 0) is 59.0 Å². The van der Waals surface area contributed by atoms with E-state index in [4.69, 9.17) is 5.26 Å². The Labute approximate surface area is 123 Å². The molecule has 0 aliphatic rings. The van der Waals surface area contributed by atoms with E-state index in [1.165, 1.54) is 12.1 Å². The van der Waals surface area contributed by atoms with Crippen LogP contribution in [0.1, 0.15) is 5.56 Å². The molecule has 0 aliphatic carbocycles. The van der Waals surface area contributed by atoms with Gasteiger partial charge in [0.1, 0.15) is 11.6 Å². The second-order valence-corrected chi connectivity index (χ2v) is 4.98. The summed E-state index contributed by atoms with van der Waals surface area (Å²) < 4.78 is 1.12. The summed E-state index contributed by atoms with van der Waals surface area (Å²) in [5, 5.41) is 22.7. The van der Waals surface area contributed by atoms with Crippen LogP contribution in [0.15, 0.2) is 42.5 Å². The Morgan fingerprint density at radius 2 is 1.79 bits per heavy atom. The van der Waals surface area contributed by atoms with Crippen LogP contribution < -0.4 is 5.32 Å². The number of nitriles is 1. The van der Waals surface area contributed by atoms with Crippen molar-refractivity contribution in [2.75, 3.05) is 5.32 Å². The first kappa shape index (κ1) is 13.3. The number of halogens is 1. The molecule has 6 heteroatoms. The summed E-state index contributed by atoms with van der Waals surface area (Å²) in [6, 6.07) is 13.9. The lowest BCUT2D eigenvalue weighted by molar-refractivity contribution is -0.385. The molecule has 0 unspecified atom stereocenters. The van der Waals surface area contributed by atoms with Gasteiger partial charge in [-0.15, -0.1) is 0 Å². The minimum atomic E-state index is -0.562. The van der Waals surface area contributed by atoms with Crippen molar-refractivity contribution in [2.45, 2.75) is 0 Å². The average molecular weight is 365 g/mol. The average Bonchev–Trinajstić information content (AvgIpc) is 2.41. The topological polar surface area (TPSA) is 79.0 Å². The summed E-state index contributed by atoms with van der Waals surface area (Å²) in [7, 11) is 0. The zero-order valence-corrected chi connectivity index (χ0v) is 11.8. The molecule has 5 nitrogen and oxygen atoms in total. The third kappa shape index (κ3) is 3.20. The van der Waals surface area contributed by atoms with Gasteiger partial charge >= 0.3 is 0 Å². The summed E-state index contributed by atoms with van der Waals surface area (Å²) >= 11 is 2.20. The number of nitro groups is 1. The molecule has 2 aromatic carbocycles. The minimum Gasteiger partial charge on any atom is -0.355 e. The van der Waals surface area contributed by atoms with Crippen LogP contribution in [0, 0.1) is 25.0 Å². The number of benzene rings is 2. The summed E-state index contributed by atoms with van der Waals surface area (Å²) in [6.07, 6.45) is 0. The highest BCUT2D eigenvalue weighted by atomic mass is 127. The quantitative estimate of drug-likeness (QED) is 0.510. The van der Waals surface area contributed by atoms with Crippen molar-refractivity contribution < 1.29 is 4.92 Å². The lowest BCUT2D eigenvalue weighted by atomic mass is 10.1. The molecule has 0 aromatic heterocycles. The standard InChI is InChI=1S/C13H8IN3O2/c14-10-1-3-11(4-2-10)16-12-5-6-13(17(18)19)9(7-12)8-15/h1-7,16H. The van der Waals surface area contributed by atoms with E-state index < -0.39 is 4.92 Å². The molecular weight excluding hydrogens is 357 g/mol. The van der Waals surface area contributed by atoms with E-state index >= 15 is 0 Å². The lowest BCUT2D eigenvalue weighted by Crippen LogP contribution is -1.95. The van der Waals surface area contributed by atoms with Crippen LogP contribution in [0.3, 0.4) is 0 Å². The minimum absolute atomic E-state index is 0.0421. The van der Waals surface area contributed by atoms with Gasteiger partial charge in [-0.25, -0.2) is 0 Å². The molecule has 0 spiro atoms. The van der Waals surface area contributed by atoms with Gasteiger partial charge in [0.15, 0.2) is 0 Å². The van der Waals surface area contributed by atoms with Gasteiger partial charge < -0.3 is 5.32 Å². The highest BCUT2D eigenvalue weighted by Crippen LogP contribution is 2.24. The fourth-order valence-corrected chi connectivity index (χ4v) is 1.92. The van der Waals surface area contributed by atoms with Crippen molar-refractivity contribution in [1.82, 2.24) is 0 Å². The van der Waals surface area contributed by atoms with Gasteiger partial charge in [0.25, 0.3) is 5.69 Å². The second-order valence-electron chi connectivity index (χ2n) is 3.73. The second kappa shape index (κ2) is 5.67. The first-order chi connectivity index (χ1) is 9.10. The molecule has 0 radical (unpaired) electrons.